The molecule has 4 fully saturated rings. The SMILES string of the molecule is C=C[C@]1(C)C[C@@H](OC(=O)NC(=O)C2CCN(c3c(F)cc4c(=O)c(C(=O)O)cn5c4c3CC[C@@H]5CF)CC2)[C@@]2(C)C3C(=O)CCC3(CC[C@H]2C)[C@@H](C)[C@@H]1O. The first-order valence-electron chi connectivity index (χ1n) is 19.3. The molecule has 1 saturated heterocycles. The molecule has 9 atom stereocenters. The molecule has 292 valence electrons. The smallest absolute Gasteiger partial charge is 0.414 e. The Balaban J connectivity index is 1.09. The highest BCUT2D eigenvalue weighted by atomic mass is 19.1. The Kier molecular flexibility index (Phi) is 9.58. The lowest BCUT2D eigenvalue weighted by Crippen LogP contribution is -2.63. The Labute approximate surface area is 313 Å². The van der Waals surface area contributed by atoms with Gasteiger partial charge >= 0.3 is 12.1 Å². The number of benzene rings is 1. The number of imide groups is 1. The summed E-state index contributed by atoms with van der Waals surface area (Å²) in [5.74, 6) is -3.69. The van der Waals surface area contributed by atoms with Crippen LogP contribution in [-0.4, -0.2) is 70.5 Å². The predicted octanol–water partition coefficient (Wildman–Crippen LogP) is 6.13. The first kappa shape index (κ1) is 38.2. The predicted molar refractivity (Wildman–Crippen MR) is 197 cm³/mol. The lowest BCUT2D eigenvalue weighted by atomic mass is 9.44. The molecule has 3 heterocycles. The number of hydrogen-bond donors (Lipinski definition) is 3. The lowest BCUT2D eigenvalue weighted by molar-refractivity contribution is -0.191. The van der Waals surface area contributed by atoms with E-state index in [1.54, 1.807) is 11.0 Å². The Morgan fingerprint density at radius 2 is 1.80 bits per heavy atom. The topological polar surface area (TPSA) is 155 Å². The summed E-state index contributed by atoms with van der Waals surface area (Å²) < 4.78 is 37.6. The molecule has 2 amide bonds. The quantitative estimate of drug-likeness (QED) is 0.296. The third-order valence-electron chi connectivity index (χ3n) is 14.8. The van der Waals surface area contributed by atoms with Gasteiger partial charge in [0.15, 0.2) is 0 Å². The number of nitrogens with one attached hydrogen (secondary N) is 1. The fourth-order valence-corrected chi connectivity index (χ4v) is 11.4. The summed E-state index contributed by atoms with van der Waals surface area (Å²) in [5, 5.41) is 23.7. The molecule has 3 aliphatic carbocycles. The van der Waals surface area contributed by atoms with Crippen LogP contribution in [0.15, 0.2) is 29.7 Å². The number of rotatable bonds is 6. The summed E-state index contributed by atoms with van der Waals surface area (Å²) in [4.78, 5) is 67.5. The molecule has 2 aromatic rings. The number of aromatic nitrogens is 1. The van der Waals surface area contributed by atoms with Gasteiger partial charge in [-0.2, -0.15) is 0 Å². The van der Waals surface area contributed by atoms with E-state index in [9.17, 15) is 38.6 Å². The Morgan fingerprint density at radius 3 is 2.44 bits per heavy atom. The first-order valence-corrected chi connectivity index (χ1v) is 19.3. The van der Waals surface area contributed by atoms with Crippen LogP contribution in [0.3, 0.4) is 0 Å². The Morgan fingerprint density at radius 1 is 1.09 bits per heavy atom. The van der Waals surface area contributed by atoms with Gasteiger partial charge in [0, 0.05) is 59.3 Å². The minimum atomic E-state index is -1.47. The lowest BCUT2D eigenvalue weighted by Gasteiger charge is -2.61. The van der Waals surface area contributed by atoms with Gasteiger partial charge in [0.25, 0.3) is 0 Å². The third-order valence-corrected chi connectivity index (χ3v) is 14.8. The summed E-state index contributed by atoms with van der Waals surface area (Å²) in [7, 11) is 0. The van der Waals surface area contributed by atoms with Gasteiger partial charge in [0.2, 0.25) is 11.3 Å². The molecular formula is C41H51F2N3O8. The number of nitrogens with zero attached hydrogens (tertiary/aromatic N) is 2. The molecule has 54 heavy (non-hydrogen) atoms. The average Bonchev–Trinajstić information content (AvgIpc) is 3.50. The maximum Gasteiger partial charge on any atom is 0.414 e. The Hall–Kier alpha value is -4.13. The van der Waals surface area contributed by atoms with Crippen LogP contribution in [0.2, 0.25) is 0 Å². The van der Waals surface area contributed by atoms with Gasteiger partial charge in [-0.15, -0.1) is 6.58 Å². The van der Waals surface area contributed by atoms with Gasteiger partial charge in [-0.05, 0) is 74.7 Å². The first-order chi connectivity index (χ1) is 25.5. The number of aromatic carboxylic acids is 1. The monoisotopic (exact) mass is 751 g/mol. The fourth-order valence-electron chi connectivity index (χ4n) is 11.4. The molecule has 7 rings (SSSR count). The third kappa shape index (κ3) is 5.61. The van der Waals surface area contributed by atoms with Crippen molar-refractivity contribution in [1.82, 2.24) is 9.88 Å². The van der Waals surface area contributed by atoms with Crippen LogP contribution in [-0.2, 0) is 20.7 Å². The van der Waals surface area contributed by atoms with Gasteiger partial charge in [-0.3, -0.25) is 19.7 Å². The van der Waals surface area contributed by atoms with Crippen molar-refractivity contribution in [3.8, 4) is 0 Å². The van der Waals surface area contributed by atoms with Crippen LogP contribution in [0.5, 0.6) is 0 Å². The maximum atomic E-state index is 15.9. The minimum Gasteiger partial charge on any atom is -0.477 e. The maximum absolute atomic E-state index is 15.9. The van der Waals surface area contributed by atoms with Gasteiger partial charge in [0.05, 0.1) is 23.3 Å². The number of aliphatic hydroxyl groups is 1. The number of carbonyl (C=O) groups is 4. The molecule has 2 bridgehead atoms. The van der Waals surface area contributed by atoms with E-state index >= 15 is 4.39 Å². The zero-order valence-corrected chi connectivity index (χ0v) is 31.5. The van der Waals surface area contributed by atoms with Crippen molar-refractivity contribution >= 4 is 40.3 Å². The van der Waals surface area contributed by atoms with Gasteiger partial charge in [-0.25, -0.2) is 18.4 Å². The number of piperidine rings is 1. The standard InChI is InChI=1S/C41H51F2N3O8/c1-6-39(4)18-30(40(5)21(2)9-13-41(22(3)35(39)49)14-10-29(47)34(40)41)54-38(53)44-36(50)23-11-15-45(16-12-23)32-25-8-7-24(19-42)46-20-27(37(51)52)33(48)26(31(25)46)17-28(32)43/h6,17,20-24,30,34-35,49H,1,7-16,18-19H2,2-5H3,(H,51,52)(H,44,50,53)/t21-,22+,24-,30-,34?,35+,39-,40+,41?/m1/s1. The van der Waals surface area contributed by atoms with E-state index < -0.39 is 87.8 Å². The molecule has 2 unspecified atom stereocenters. The second-order valence-electron chi connectivity index (χ2n) is 17.2. The average molecular weight is 752 g/mol. The number of ketones is 1. The van der Waals surface area contributed by atoms with Crippen molar-refractivity contribution in [2.24, 2.45) is 39.9 Å². The van der Waals surface area contributed by atoms with Crippen LogP contribution >= 0.6 is 0 Å². The van der Waals surface area contributed by atoms with E-state index in [0.29, 0.717) is 23.9 Å². The van der Waals surface area contributed by atoms with E-state index in [1.807, 2.05) is 20.8 Å². The highest BCUT2D eigenvalue weighted by molar-refractivity contribution is 5.96. The number of pyridine rings is 1. The summed E-state index contributed by atoms with van der Waals surface area (Å²) in [6, 6.07) is 0.330. The molecule has 3 N–H and O–H groups in total. The molecule has 0 radical (unpaired) electrons. The molecule has 0 spiro atoms. The van der Waals surface area contributed by atoms with E-state index in [-0.39, 0.29) is 73.9 Å². The second-order valence-corrected chi connectivity index (χ2v) is 17.2. The number of aliphatic hydroxyl groups excluding tert-OH is 1. The van der Waals surface area contributed by atoms with E-state index in [4.69, 9.17) is 4.74 Å². The van der Waals surface area contributed by atoms with Crippen molar-refractivity contribution in [3.05, 3.63) is 52.1 Å². The number of carboxylic acids is 1. The molecule has 3 saturated carbocycles. The van der Waals surface area contributed by atoms with Crippen molar-refractivity contribution in [2.45, 2.75) is 104 Å². The van der Waals surface area contributed by atoms with Crippen LogP contribution < -0.4 is 15.6 Å². The number of Topliss-reactive ketones (excluding diaryl/α,β-unsaturated/α-hetero) is 1. The minimum absolute atomic E-state index is 0.0320. The summed E-state index contributed by atoms with van der Waals surface area (Å²) >= 11 is 0. The Bertz CT molecular complexity index is 1990. The van der Waals surface area contributed by atoms with Crippen molar-refractivity contribution < 1.29 is 42.9 Å². The zero-order chi connectivity index (χ0) is 39.1. The number of anilines is 1. The van der Waals surface area contributed by atoms with Crippen molar-refractivity contribution in [2.75, 3.05) is 24.7 Å². The van der Waals surface area contributed by atoms with Crippen LogP contribution in [0.1, 0.15) is 101 Å². The van der Waals surface area contributed by atoms with Crippen molar-refractivity contribution in [3.63, 3.8) is 0 Å². The molecule has 5 aliphatic rings. The number of carboxylic acid groups (broad SMARTS) is 1. The normalized spacial score (nSPS) is 35.2. The largest absolute Gasteiger partial charge is 0.477 e. The number of ether oxygens (including phenoxy) is 1. The second kappa shape index (κ2) is 13.6. The van der Waals surface area contributed by atoms with Crippen molar-refractivity contribution in [1.29, 1.82) is 0 Å². The molecule has 1 aromatic carbocycles. The van der Waals surface area contributed by atoms with Gasteiger partial charge in [-0.1, -0.05) is 33.8 Å². The van der Waals surface area contributed by atoms with Gasteiger partial charge in [0.1, 0.15) is 29.9 Å². The highest BCUT2D eigenvalue weighted by Gasteiger charge is 2.68. The van der Waals surface area contributed by atoms with E-state index in [1.165, 1.54) is 4.57 Å². The summed E-state index contributed by atoms with van der Waals surface area (Å²) in [5.41, 5.74) is -2.30. The number of carbonyl (C=O) groups excluding carboxylic acids is 3. The molecule has 11 nitrogen and oxygen atoms in total. The van der Waals surface area contributed by atoms with Gasteiger partial charge < -0.3 is 24.4 Å². The fraction of sp³-hybridized carbons (Fsp3) is 0.634. The van der Waals surface area contributed by atoms with E-state index in [2.05, 4.69) is 18.8 Å². The number of amides is 2. The highest BCUT2D eigenvalue weighted by Crippen LogP contribution is 2.68. The number of hydrogen-bond acceptors (Lipinski definition) is 8. The zero-order valence-electron chi connectivity index (χ0n) is 31.5. The molecule has 13 heteroatoms. The summed E-state index contributed by atoms with van der Waals surface area (Å²) in [6.45, 7) is 11.8. The van der Waals surface area contributed by atoms with Crippen LogP contribution in [0.4, 0.5) is 19.3 Å². The van der Waals surface area contributed by atoms with E-state index in [0.717, 1.165) is 25.1 Å². The summed E-state index contributed by atoms with van der Waals surface area (Å²) in [6.07, 6.45) is 4.43. The number of aryl methyl sites for hydroxylation is 1. The number of halogens is 2. The molecular weight excluding hydrogens is 700 g/mol. The molecule has 2 aliphatic heterocycles. The van der Waals surface area contributed by atoms with Crippen LogP contribution in [0, 0.1) is 45.7 Å². The number of alkyl halides is 1. The number of alkyl carbamates (subject to hydrolysis) is 1. The van der Waals surface area contributed by atoms with Crippen LogP contribution in [0.25, 0.3) is 10.9 Å². The molecule has 1 aromatic heterocycles.